The van der Waals surface area contributed by atoms with E-state index < -0.39 is 5.91 Å². The van der Waals surface area contributed by atoms with Crippen LogP contribution in [-0.2, 0) is 4.79 Å². The van der Waals surface area contributed by atoms with Crippen LogP contribution < -0.4 is 16.4 Å². The Labute approximate surface area is 104 Å². The highest BCUT2D eigenvalue weighted by Crippen LogP contribution is 2.14. The molecule has 92 valence electrons. The van der Waals surface area contributed by atoms with E-state index in [0.29, 0.717) is 6.54 Å². The minimum atomic E-state index is -0.460. The van der Waals surface area contributed by atoms with Crippen molar-refractivity contribution in [1.29, 1.82) is 0 Å². The number of anilines is 1. The van der Waals surface area contributed by atoms with Crippen LogP contribution in [0.15, 0.2) is 12.3 Å². The number of likely N-dealkylation sites (N-methyl/N-ethyl adjacent to an activating group) is 1. The van der Waals surface area contributed by atoms with Gasteiger partial charge in [-0.15, -0.1) is 0 Å². The van der Waals surface area contributed by atoms with Gasteiger partial charge in [-0.3, -0.25) is 9.59 Å². The summed E-state index contributed by atoms with van der Waals surface area (Å²) in [4.78, 5) is 26.5. The molecule has 4 N–H and O–H groups in total. The van der Waals surface area contributed by atoms with Crippen LogP contribution in [0.5, 0.6) is 0 Å². The molecule has 1 heterocycles. The molecule has 0 aliphatic heterocycles. The Balaban J connectivity index is 2.64. The van der Waals surface area contributed by atoms with Crippen LogP contribution in [0, 0.1) is 0 Å². The van der Waals surface area contributed by atoms with Crippen LogP contribution in [0.2, 0.25) is 5.15 Å². The van der Waals surface area contributed by atoms with Gasteiger partial charge in [0.15, 0.2) is 0 Å². The van der Waals surface area contributed by atoms with Gasteiger partial charge < -0.3 is 16.4 Å². The van der Waals surface area contributed by atoms with E-state index >= 15 is 0 Å². The standard InChI is InChI=1S/C10H13ClN4O2/c1-2-13-9(16)5-15-10(17)6-3-8(11)14-4-7(6)12/h3-4H,2,5,12H2,1H3,(H,13,16)(H,15,17). The molecule has 2 amide bonds. The van der Waals surface area contributed by atoms with Crippen LogP contribution in [-0.4, -0.2) is 29.9 Å². The van der Waals surface area contributed by atoms with E-state index in [0.717, 1.165) is 0 Å². The van der Waals surface area contributed by atoms with Crippen molar-refractivity contribution in [2.45, 2.75) is 6.92 Å². The minimum Gasteiger partial charge on any atom is -0.397 e. The number of halogens is 1. The summed E-state index contributed by atoms with van der Waals surface area (Å²) in [5.74, 6) is -0.724. The van der Waals surface area contributed by atoms with Gasteiger partial charge in [0.05, 0.1) is 24.0 Å². The second-order valence-corrected chi connectivity index (χ2v) is 3.62. The lowest BCUT2D eigenvalue weighted by atomic mass is 10.2. The largest absolute Gasteiger partial charge is 0.397 e. The van der Waals surface area contributed by atoms with Gasteiger partial charge in [0.25, 0.3) is 5.91 Å². The number of nitrogen functional groups attached to an aromatic ring is 1. The topological polar surface area (TPSA) is 97.1 Å². The predicted molar refractivity (Wildman–Crippen MR) is 64.7 cm³/mol. The fourth-order valence-electron chi connectivity index (χ4n) is 1.15. The summed E-state index contributed by atoms with van der Waals surface area (Å²) in [6.07, 6.45) is 1.30. The van der Waals surface area contributed by atoms with Crippen molar-refractivity contribution in [3.63, 3.8) is 0 Å². The van der Waals surface area contributed by atoms with Crippen molar-refractivity contribution in [1.82, 2.24) is 15.6 Å². The zero-order chi connectivity index (χ0) is 12.8. The van der Waals surface area contributed by atoms with Crippen molar-refractivity contribution in [3.05, 3.63) is 23.0 Å². The monoisotopic (exact) mass is 256 g/mol. The first-order chi connectivity index (χ1) is 8.04. The number of nitrogens with zero attached hydrogens (tertiary/aromatic N) is 1. The Morgan fingerprint density at radius 3 is 2.82 bits per heavy atom. The van der Waals surface area contributed by atoms with Crippen LogP contribution in [0.25, 0.3) is 0 Å². The van der Waals surface area contributed by atoms with E-state index in [1.165, 1.54) is 12.3 Å². The van der Waals surface area contributed by atoms with Crippen molar-refractivity contribution >= 4 is 29.1 Å². The minimum absolute atomic E-state index is 0.105. The molecular weight excluding hydrogens is 244 g/mol. The van der Waals surface area contributed by atoms with Gasteiger partial charge in [0.2, 0.25) is 5.91 Å². The summed E-state index contributed by atoms with van der Waals surface area (Å²) in [5, 5.41) is 5.16. The molecule has 0 radical (unpaired) electrons. The number of amides is 2. The van der Waals surface area contributed by atoms with E-state index in [9.17, 15) is 9.59 Å². The Morgan fingerprint density at radius 1 is 1.47 bits per heavy atom. The molecule has 0 aliphatic carbocycles. The van der Waals surface area contributed by atoms with Crippen molar-refractivity contribution in [3.8, 4) is 0 Å². The molecule has 0 saturated heterocycles. The molecule has 7 heteroatoms. The van der Waals surface area contributed by atoms with E-state index in [1.807, 2.05) is 0 Å². The maximum atomic E-state index is 11.7. The molecule has 17 heavy (non-hydrogen) atoms. The molecular formula is C10H13ClN4O2. The number of hydrogen-bond donors (Lipinski definition) is 3. The maximum Gasteiger partial charge on any atom is 0.253 e. The van der Waals surface area contributed by atoms with Crippen molar-refractivity contribution in [2.75, 3.05) is 18.8 Å². The number of nitrogens with two attached hydrogens (primary N) is 1. The molecule has 0 fully saturated rings. The van der Waals surface area contributed by atoms with Gasteiger partial charge in [-0.25, -0.2) is 4.98 Å². The third-order valence-electron chi connectivity index (χ3n) is 1.93. The summed E-state index contributed by atoms with van der Waals surface area (Å²) in [7, 11) is 0. The van der Waals surface area contributed by atoms with Gasteiger partial charge in [-0.1, -0.05) is 11.6 Å². The number of hydrogen-bond acceptors (Lipinski definition) is 4. The second kappa shape index (κ2) is 6.05. The van der Waals surface area contributed by atoms with Crippen LogP contribution in [0.1, 0.15) is 17.3 Å². The van der Waals surface area contributed by atoms with E-state index in [4.69, 9.17) is 17.3 Å². The Hall–Kier alpha value is -1.82. The van der Waals surface area contributed by atoms with Crippen LogP contribution in [0.4, 0.5) is 5.69 Å². The zero-order valence-electron chi connectivity index (χ0n) is 9.29. The Kier molecular flexibility index (Phi) is 4.71. The number of nitrogens with one attached hydrogen (secondary N) is 2. The quantitative estimate of drug-likeness (QED) is 0.670. The first-order valence-electron chi connectivity index (χ1n) is 5.00. The molecule has 0 bridgehead atoms. The fraction of sp³-hybridized carbons (Fsp3) is 0.300. The highest BCUT2D eigenvalue weighted by molar-refractivity contribution is 6.29. The lowest BCUT2D eigenvalue weighted by molar-refractivity contribution is -0.120. The summed E-state index contributed by atoms with van der Waals surface area (Å²) in [6.45, 7) is 2.20. The summed E-state index contributed by atoms with van der Waals surface area (Å²) in [5.41, 5.74) is 5.99. The normalized spacial score (nSPS) is 9.76. The molecule has 0 unspecified atom stereocenters. The Bertz CT molecular complexity index is 436. The lowest BCUT2D eigenvalue weighted by Crippen LogP contribution is -2.37. The highest BCUT2D eigenvalue weighted by atomic mass is 35.5. The smallest absolute Gasteiger partial charge is 0.253 e. The van der Waals surface area contributed by atoms with Crippen LogP contribution >= 0.6 is 11.6 Å². The average Bonchev–Trinajstić information content (AvgIpc) is 2.29. The van der Waals surface area contributed by atoms with Gasteiger partial charge in [-0.05, 0) is 13.0 Å². The number of pyridine rings is 1. The molecule has 0 spiro atoms. The third kappa shape index (κ3) is 3.92. The Morgan fingerprint density at radius 2 is 2.18 bits per heavy atom. The average molecular weight is 257 g/mol. The number of carbonyl (C=O) groups is 2. The summed E-state index contributed by atoms with van der Waals surface area (Å²) in [6, 6.07) is 1.35. The first kappa shape index (κ1) is 13.2. The predicted octanol–water partition coefficient (Wildman–Crippen LogP) is 0.183. The molecule has 0 aromatic carbocycles. The van der Waals surface area contributed by atoms with Crippen molar-refractivity contribution in [2.24, 2.45) is 0 Å². The SMILES string of the molecule is CCNC(=O)CNC(=O)c1cc(Cl)ncc1N. The third-order valence-corrected chi connectivity index (χ3v) is 2.14. The van der Waals surface area contributed by atoms with E-state index in [1.54, 1.807) is 6.92 Å². The molecule has 1 aromatic heterocycles. The molecule has 1 aromatic rings. The number of aromatic nitrogens is 1. The first-order valence-corrected chi connectivity index (χ1v) is 5.38. The number of carbonyl (C=O) groups excluding carboxylic acids is 2. The molecule has 0 saturated carbocycles. The van der Waals surface area contributed by atoms with Crippen LogP contribution in [0.3, 0.4) is 0 Å². The summed E-state index contributed by atoms with van der Waals surface area (Å²) >= 11 is 5.65. The maximum absolute atomic E-state index is 11.7. The highest BCUT2D eigenvalue weighted by Gasteiger charge is 2.11. The van der Waals surface area contributed by atoms with Gasteiger partial charge in [0.1, 0.15) is 5.15 Å². The fourth-order valence-corrected chi connectivity index (χ4v) is 1.31. The van der Waals surface area contributed by atoms with E-state index in [-0.39, 0.29) is 28.9 Å². The summed E-state index contributed by atoms with van der Waals surface area (Å²) < 4.78 is 0. The van der Waals surface area contributed by atoms with E-state index in [2.05, 4.69) is 15.6 Å². The van der Waals surface area contributed by atoms with Crippen molar-refractivity contribution < 1.29 is 9.59 Å². The number of rotatable bonds is 4. The molecule has 1 rings (SSSR count). The molecule has 0 atom stereocenters. The molecule has 6 nitrogen and oxygen atoms in total. The molecule has 0 aliphatic rings. The zero-order valence-corrected chi connectivity index (χ0v) is 10.0. The van der Waals surface area contributed by atoms with Gasteiger partial charge in [-0.2, -0.15) is 0 Å². The van der Waals surface area contributed by atoms with Gasteiger partial charge >= 0.3 is 0 Å². The lowest BCUT2D eigenvalue weighted by Gasteiger charge is -2.07. The van der Waals surface area contributed by atoms with Gasteiger partial charge in [0, 0.05) is 6.54 Å². The second-order valence-electron chi connectivity index (χ2n) is 3.23.